The van der Waals surface area contributed by atoms with Crippen LogP contribution in [0.2, 0.25) is 25.2 Å². The number of benzene rings is 1. The van der Waals surface area contributed by atoms with E-state index in [1.807, 2.05) is 13.1 Å². The zero-order valence-corrected chi connectivity index (χ0v) is 24.1. The number of nitrogens with zero attached hydrogens (tertiary/aromatic N) is 2. The number of carbonyl (C=O) groups excluding carboxylic acids is 1. The SMILES string of the molecule is Cc1cc(NC(=O)c2ccc(NS(=O)(=O)CCO)cc2N2CC[Si](C)(C)CC2)c(=O)n(C2CCOCC2)c1. The van der Waals surface area contributed by atoms with Crippen LogP contribution in [-0.4, -0.2) is 70.7 Å². The predicted octanol–water partition coefficient (Wildman–Crippen LogP) is 3.02. The van der Waals surface area contributed by atoms with Crippen molar-refractivity contribution in [3.63, 3.8) is 0 Å². The number of aryl methyl sites for hydroxylation is 1. The molecule has 2 aromatic rings. The number of sulfonamides is 1. The highest BCUT2D eigenvalue weighted by Gasteiger charge is 2.30. The molecule has 2 saturated heterocycles. The molecule has 0 radical (unpaired) electrons. The molecule has 2 fully saturated rings. The molecule has 1 aromatic heterocycles. The van der Waals surface area contributed by atoms with Crippen LogP contribution in [0, 0.1) is 6.92 Å². The molecule has 3 N–H and O–H groups in total. The van der Waals surface area contributed by atoms with E-state index in [0.717, 1.165) is 43.6 Å². The maximum absolute atomic E-state index is 13.6. The molecule has 1 amide bonds. The molecule has 2 aliphatic rings. The third-order valence-corrected chi connectivity index (χ3v) is 11.8. The van der Waals surface area contributed by atoms with Crippen molar-refractivity contribution >= 4 is 41.1 Å². The van der Waals surface area contributed by atoms with Gasteiger partial charge in [-0.15, -0.1) is 0 Å². The Hall–Kier alpha value is -2.67. The molecule has 1 aromatic carbocycles. The van der Waals surface area contributed by atoms with Gasteiger partial charge < -0.3 is 24.6 Å². The van der Waals surface area contributed by atoms with Crippen molar-refractivity contribution in [2.45, 2.75) is 51.0 Å². The summed E-state index contributed by atoms with van der Waals surface area (Å²) >= 11 is 0. The summed E-state index contributed by atoms with van der Waals surface area (Å²) in [4.78, 5) is 29.0. The molecule has 3 heterocycles. The van der Waals surface area contributed by atoms with Crippen molar-refractivity contribution < 1.29 is 23.1 Å². The van der Waals surface area contributed by atoms with E-state index in [0.29, 0.717) is 30.2 Å². The normalized spacial score (nSPS) is 18.3. The van der Waals surface area contributed by atoms with Crippen LogP contribution < -0.4 is 20.5 Å². The maximum Gasteiger partial charge on any atom is 0.274 e. The number of hydrogen-bond acceptors (Lipinski definition) is 7. The van der Waals surface area contributed by atoms with Gasteiger partial charge in [0.15, 0.2) is 0 Å². The number of amides is 1. The molecular formula is C26H38N4O6SSi. The second kappa shape index (κ2) is 11.6. The average Bonchev–Trinajstić information content (AvgIpc) is 2.86. The summed E-state index contributed by atoms with van der Waals surface area (Å²) < 4.78 is 34.1. The summed E-state index contributed by atoms with van der Waals surface area (Å²) in [5.74, 6) is -0.839. The van der Waals surface area contributed by atoms with Crippen molar-refractivity contribution in [2.75, 3.05) is 53.6 Å². The Morgan fingerprint density at radius 3 is 2.50 bits per heavy atom. The van der Waals surface area contributed by atoms with Gasteiger partial charge in [0.2, 0.25) is 10.0 Å². The summed E-state index contributed by atoms with van der Waals surface area (Å²) in [6.45, 7) is 8.83. The van der Waals surface area contributed by atoms with E-state index in [9.17, 15) is 18.0 Å². The summed E-state index contributed by atoms with van der Waals surface area (Å²) in [7, 11) is -5.03. The number of anilines is 3. The third kappa shape index (κ3) is 6.85. The Kier molecular flexibility index (Phi) is 8.65. The largest absolute Gasteiger partial charge is 0.395 e. The molecule has 12 heteroatoms. The third-order valence-electron chi connectivity index (χ3n) is 7.35. The topological polar surface area (TPSA) is 130 Å². The van der Waals surface area contributed by atoms with E-state index in [1.165, 1.54) is 6.07 Å². The smallest absolute Gasteiger partial charge is 0.274 e. The molecule has 38 heavy (non-hydrogen) atoms. The number of hydrogen-bond donors (Lipinski definition) is 3. The number of nitrogens with one attached hydrogen (secondary N) is 2. The molecule has 4 rings (SSSR count). The van der Waals surface area contributed by atoms with Crippen LogP contribution in [-0.2, 0) is 14.8 Å². The lowest BCUT2D eigenvalue weighted by Crippen LogP contribution is -2.43. The highest BCUT2D eigenvalue weighted by Crippen LogP contribution is 2.32. The van der Waals surface area contributed by atoms with Gasteiger partial charge in [0.1, 0.15) is 5.69 Å². The molecule has 0 aliphatic carbocycles. The van der Waals surface area contributed by atoms with Gasteiger partial charge in [0.05, 0.1) is 37.4 Å². The van der Waals surface area contributed by atoms with Gasteiger partial charge in [0.25, 0.3) is 11.5 Å². The first-order chi connectivity index (χ1) is 18.0. The number of pyridine rings is 1. The minimum atomic E-state index is -3.72. The summed E-state index contributed by atoms with van der Waals surface area (Å²) in [6, 6.07) is 8.61. The quantitative estimate of drug-likeness (QED) is 0.422. The number of rotatable bonds is 8. The Bertz CT molecular complexity index is 1330. The Morgan fingerprint density at radius 1 is 1.16 bits per heavy atom. The number of aliphatic hydroxyl groups is 1. The Balaban J connectivity index is 1.66. The molecular weight excluding hydrogens is 524 g/mol. The molecule has 0 atom stereocenters. The number of carbonyl (C=O) groups is 1. The van der Waals surface area contributed by atoms with Gasteiger partial charge >= 0.3 is 0 Å². The molecule has 0 unspecified atom stereocenters. The maximum atomic E-state index is 13.6. The van der Waals surface area contributed by atoms with E-state index >= 15 is 0 Å². The Labute approximate surface area is 225 Å². The van der Waals surface area contributed by atoms with E-state index < -0.39 is 36.4 Å². The minimum Gasteiger partial charge on any atom is -0.395 e. The van der Waals surface area contributed by atoms with Crippen LogP contribution in [0.25, 0.3) is 0 Å². The number of aromatic nitrogens is 1. The number of aliphatic hydroxyl groups excluding tert-OH is 1. The lowest BCUT2D eigenvalue weighted by molar-refractivity contribution is 0.0686. The van der Waals surface area contributed by atoms with Gasteiger partial charge in [-0.3, -0.25) is 14.3 Å². The summed E-state index contributed by atoms with van der Waals surface area (Å²) in [6.07, 6.45) is 3.30. The molecule has 0 spiro atoms. The first kappa shape index (κ1) is 28.3. The van der Waals surface area contributed by atoms with E-state index in [1.54, 1.807) is 22.8 Å². The summed E-state index contributed by atoms with van der Waals surface area (Å²) in [5, 5.41) is 11.9. The molecule has 0 bridgehead atoms. The van der Waals surface area contributed by atoms with Crippen molar-refractivity contribution in [3.05, 3.63) is 51.9 Å². The van der Waals surface area contributed by atoms with Crippen LogP contribution in [0.1, 0.15) is 34.8 Å². The first-order valence-corrected chi connectivity index (χ1v) is 18.2. The fraction of sp³-hybridized carbons (Fsp3) is 0.538. The van der Waals surface area contributed by atoms with Gasteiger partial charge in [-0.1, -0.05) is 13.1 Å². The second-order valence-corrected chi connectivity index (χ2v) is 18.1. The first-order valence-electron chi connectivity index (χ1n) is 13.1. The average molecular weight is 563 g/mol. The standard InChI is InChI=1S/C26H38N4O6SSi/c1-19-16-23(26(33)30(18-19)21-6-11-36-12-7-21)27-25(32)22-5-4-20(28-37(34,35)13-10-31)17-24(22)29-8-14-38(2,3)15-9-29/h4-5,16-18,21,28,31H,6-15H2,1-3H3,(H,27,32). The van der Waals surface area contributed by atoms with Crippen molar-refractivity contribution in [1.82, 2.24) is 4.57 Å². The molecule has 2 aliphatic heterocycles. The van der Waals surface area contributed by atoms with Crippen LogP contribution in [0.5, 0.6) is 0 Å². The highest BCUT2D eigenvalue weighted by molar-refractivity contribution is 7.92. The lowest BCUT2D eigenvalue weighted by atomic mass is 10.1. The second-order valence-electron chi connectivity index (χ2n) is 11.0. The predicted molar refractivity (Wildman–Crippen MR) is 153 cm³/mol. The van der Waals surface area contributed by atoms with Crippen molar-refractivity contribution in [1.29, 1.82) is 0 Å². The zero-order valence-electron chi connectivity index (χ0n) is 22.3. The molecule has 10 nitrogen and oxygen atoms in total. The van der Waals surface area contributed by atoms with Gasteiger partial charge in [0, 0.05) is 38.5 Å². The van der Waals surface area contributed by atoms with Crippen molar-refractivity contribution in [3.8, 4) is 0 Å². The Morgan fingerprint density at radius 2 is 1.84 bits per heavy atom. The monoisotopic (exact) mass is 562 g/mol. The highest BCUT2D eigenvalue weighted by atomic mass is 32.2. The van der Waals surface area contributed by atoms with Gasteiger partial charge in [-0.2, -0.15) is 0 Å². The zero-order chi connectivity index (χ0) is 27.5. The lowest BCUT2D eigenvalue weighted by Gasteiger charge is -2.38. The minimum absolute atomic E-state index is 0.0226. The van der Waals surface area contributed by atoms with E-state index in [-0.39, 0.29) is 17.3 Å². The fourth-order valence-corrected chi connectivity index (χ4v) is 7.84. The van der Waals surface area contributed by atoms with E-state index in [2.05, 4.69) is 28.0 Å². The summed E-state index contributed by atoms with van der Waals surface area (Å²) in [5.41, 5.74) is 2.14. The fourth-order valence-electron chi connectivity index (χ4n) is 5.01. The van der Waals surface area contributed by atoms with Crippen LogP contribution in [0.3, 0.4) is 0 Å². The van der Waals surface area contributed by atoms with Gasteiger partial charge in [-0.05, 0) is 61.7 Å². The number of ether oxygens (including phenoxy) is 1. The molecule has 208 valence electrons. The van der Waals surface area contributed by atoms with Crippen LogP contribution in [0.4, 0.5) is 17.1 Å². The van der Waals surface area contributed by atoms with Crippen molar-refractivity contribution in [2.24, 2.45) is 0 Å². The van der Waals surface area contributed by atoms with Crippen LogP contribution in [0.15, 0.2) is 35.3 Å². The van der Waals surface area contributed by atoms with E-state index in [4.69, 9.17) is 9.84 Å². The van der Waals surface area contributed by atoms with Crippen LogP contribution >= 0.6 is 0 Å². The molecule has 0 saturated carbocycles. The van der Waals surface area contributed by atoms with Gasteiger partial charge in [-0.25, -0.2) is 8.42 Å².